The van der Waals surface area contributed by atoms with E-state index in [1.807, 2.05) is 0 Å². The SMILES string of the molecule is Cc1c(N2CC(O)C(O)C2)cccc1[N+](=O)[O-]. The second kappa shape index (κ2) is 4.31. The van der Waals surface area contributed by atoms with Gasteiger partial charge in [-0.1, -0.05) is 6.07 Å². The zero-order valence-corrected chi connectivity index (χ0v) is 9.41. The topological polar surface area (TPSA) is 86.8 Å². The minimum absolute atomic E-state index is 0.0541. The summed E-state index contributed by atoms with van der Waals surface area (Å²) in [4.78, 5) is 12.1. The second-order valence-electron chi connectivity index (χ2n) is 4.22. The van der Waals surface area contributed by atoms with Crippen LogP contribution in [0.3, 0.4) is 0 Å². The Hall–Kier alpha value is -1.66. The Morgan fingerprint density at radius 2 is 1.94 bits per heavy atom. The van der Waals surface area contributed by atoms with Crippen LogP contribution >= 0.6 is 0 Å². The lowest BCUT2D eigenvalue weighted by molar-refractivity contribution is -0.385. The smallest absolute Gasteiger partial charge is 0.274 e. The molecule has 1 aromatic carbocycles. The molecule has 1 fully saturated rings. The molecule has 6 heteroatoms. The molecule has 17 heavy (non-hydrogen) atoms. The summed E-state index contributed by atoms with van der Waals surface area (Å²) in [7, 11) is 0. The summed E-state index contributed by atoms with van der Waals surface area (Å²) < 4.78 is 0. The summed E-state index contributed by atoms with van der Waals surface area (Å²) in [5, 5.41) is 29.8. The molecular formula is C11H14N2O4. The molecule has 0 radical (unpaired) electrons. The zero-order chi connectivity index (χ0) is 12.6. The van der Waals surface area contributed by atoms with Crippen molar-refractivity contribution in [1.82, 2.24) is 0 Å². The number of benzene rings is 1. The third kappa shape index (κ3) is 2.09. The first-order valence-corrected chi connectivity index (χ1v) is 5.36. The summed E-state index contributed by atoms with van der Waals surface area (Å²) in [5.41, 5.74) is 1.30. The molecule has 2 unspecified atom stereocenters. The molecule has 0 bridgehead atoms. The number of β-amino-alcohol motifs (C(OH)–C–C–N with tert-alkyl or cyclic N) is 2. The van der Waals surface area contributed by atoms with Gasteiger partial charge in [0.1, 0.15) is 0 Å². The van der Waals surface area contributed by atoms with Gasteiger partial charge in [0, 0.05) is 24.8 Å². The molecule has 1 saturated heterocycles. The van der Waals surface area contributed by atoms with Crippen molar-refractivity contribution in [2.45, 2.75) is 19.1 Å². The van der Waals surface area contributed by atoms with E-state index in [-0.39, 0.29) is 5.69 Å². The van der Waals surface area contributed by atoms with Gasteiger partial charge in [-0.05, 0) is 13.0 Å². The van der Waals surface area contributed by atoms with Gasteiger partial charge in [0.05, 0.1) is 22.7 Å². The average molecular weight is 238 g/mol. The molecule has 2 atom stereocenters. The minimum atomic E-state index is -0.798. The van der Waals surface area contributed by atoms with Crippen molar-refractivity contribution in [1.29, 1.82) is 0 Å². The molecule has 1 aliphatic heterocycles. The van der Waals surface area contributed by atoms with Crippen molar-refractivity contribution in [3.05, 3.63) is 33.9 Å². The van der Waals surface area contributed by atoms with Crippen LogP contribution in [0.15, 0.2) is 18.2 Å². The first-order valence-electron chi connectivity index (χ1n) is 5.36. The summed E-state index contributed by atoms with van der Waals surface area (Å²) in [6, 6.07) is 4.81. The van der Waals surface area contributed by atoms with Crippen molar-refractivity contribution in [2.24, 2.45) is 0 Å². The fraction of sp³-hybridized carbons (Fsp3) is 0.455. The zero-order valence-electron chi connectivity index (χ0n) is 9.41. The Morgan fingerprint density at radius 3 is 2.47 bits per heavy atom. The summed E-state index contributed by atoms with van der Waals surface area (Å²) in [6.45, 7) is 2.26. The van der Waals surface area contributed by atoms with Crippen LogP contribution in [0.4, 0.5) is 11.4 Å². The molecule has 0 aromatic heterocycles. The number of nitrogens with zero attached hydrogens (tertiary/aromatic N) is 2. The molecule has 0 spiro atoms. The highest BCUT2D eigenvalue weighted by atomic mass is 16.6. The van der Waals surface area contributed by atoms with E-state index in [1.54, 1.807) is 24.0 Å². The molecule has 92 valence electrons. The van der Waals surface area contributed by atoms with Crippen molar-refractivity contribution in [2.75, 3.05) is 18.0 Å². The largest absolute Gasteiger partial charge is 0.389 e. The lowest BCUT2D eigenvalue weighted by Crippen LogP contribution is -2.22. The molecule has 6 nitrogen and oxygen atoms in total. The van der Waals surface area contributed by atoms with Gasteiger partial charge in [0.2, 0.25) is 0 Å². The van der Waals surface area contributed by atoms with Crippen LogP contribution in [-0.4, -0.2) is 40.4 Å². The predicted molar refractivity (Wildman–Crippen MR) is 62.1 cm³/mol. The molecule has 0 saturated carbocycles. The Morgan fingerprint density at radius 1 is 1.35 bits per heavy atom. The number of rotatable bonds is 2. The van der Waals surface area contributed by atoms with Crippen LogP contribution in [0.1, 0.15) is 5.56 Å². The Balaban J connectivity index is 2.34. The van der Waals surface area contributed by atoms with Crippen LogP contribution in [0, 0.1) is 17.0 Å². The van der Waals surface area contributed by atoms with Gasteiger partial charge in [-0.25, -0.2) is 0 Å². The third-order valence-electron chi connectivity index (χ3n) is 3.07. The van der Waals surface area contributed by atoms with Crippen molar-refractivity contribution in [3.63, 3.8) is 0 Å². The van der Waals surface area contributed by atoms with Crippen LogP contribution in [0.25, 0.3) is 0 Å². The van der Waals surface area contributed by atoms with E-state index in [9.17, 15) is 20.3 Å². The second-order valence-corrected chi connectivity index (χ2v) is 4.22. The lowest BCUT2D eigenvalue weighted by atomic mass is 10.1. The van der Waals surface area contributed by atoms with E-state index in [1.165, 1.54) is 6.07 Å². The van der Waals surface area contributed by atoms with Crippen molar-refractivity contribution < 1.29 is 15.1 Å². The highest BCUT2D eigenvalue weighted by Gasteiger charge is 2.31. The number of nitro groups is 1. The standard InChI is InChI=1S/C11H14N2O4/c1-7-8(3-2-4-9(7)13(16)17)12-5-10(14)11(15)6-12/h2-4,10-11,14-15H,5-6H2,1H3. The van der Waals surface area contributed by atoms with E-state index in [4.69, 9.17) is 0 Å². The summed E-state index contributed by atoms with van der Waals surface area (Å²) in [6.07, 6.45) is -1.60. The maximum absolute atomic E-state index is 10.8. The third-order valence-corrected chi connectivity index (χ3v) is 3.07. The predicted octanol–water partition coefficient (Wildman–Crippen LogP) is 0.445. The highest BCUT2D eigenvalue weighted by molar-refractivity contribution is 5.62. The number of anilines is 1. The van der Waals surface area contributed by atoms with Crippen LogP contribution in [0.2, 0.25) is 0 Å². The van der Waals surface area contributed by atoms with Crippen LogP contribution < -0.4 is 4.90 Å². The molecule has 1 aliphatic rings. The lowest BCUT2D eigenvalue weighted by Gasteiger charge is -2.19. The number of hydrogen-bond donors (Lipinski definition) is 2. The van der Waals surface area contributed by atoms with E-state index < -0.39 is 17.1 Å². The van der Waals surface area contributed by atoms with Gasteiger partial charge in [-0.3, -0.25) is 10.1 Å². The maximum atomic E-state index is 10.8. The molecular weight excluding hydrogens is 224 g/mol. The van der Waals surface area contributed by atoms with Gasteiger partial charge in [-0.15, -0.1) is 0 Å². The van der Waals surface area contributed by atoms with Gasteiger partial charge in [0.15, 0.2) is 0 Å². The Kier molecular flexibility index (Phi) is 2.99. The van der Waals surface area contributed by atoms with E-state index in [0.717, 1.165) is 0 Å². The van der Waals surface area contributed by atoms with E-state index in [0.29, 0.717) is 24.3 Å². The van der Waals surface area contributed by atoms with E-state index in [2.05, 4.69) is 0 Å². The van der Waals surface area contributed by atoms with Gasteiger partial charge in [-0.2, -0.15) is 0 Å². The highest BCUT2D eigenvalue weighted by Crippen LogP contribution is 2.30. The molecule has 1 aromatic rings. The van der Waals surface area contributed by atoms with Crippen LogP contribution in [-0.2, 0) is 0 Å². The molecule has 2 N–H and O–H groups in total. The maximum Gasteiger partial charge on any atom is 0.274 e. The minimum Gasteiger partial charge on any atom is -0.389 e. The van der Waals surface area contributed by atoms with Crippen molar-refractivity contribution >= 4 is 11.4 Å². The summed E-state index contributed by atoms with van der Waals surface area (Å²) in [5.74, 6) is 0. The van der Waals surface area contributed by atoms with Crippen LogP contribution in [0.5, 0.6) is 0 Å². The van der Waals surface area contributed by atoms with Gasteiger partial charge >= 0.3 is 0 Å². The number of aliphatic hydroxyl groups excluding tert-OH is 2. The molecule has 1 heterocycles. The number of nitro benzene ring substituents is 1. The van der Waals surface area contributed by atoms with Crippen molar-refractivity contribution in [3.8, 4) is 0 Å². The Bertz CT molecular complexity index is 439. The summed E-state index contributed by atoms with van der Waals surface area (Å²) >= 11 is 0. The van der Waals surface area contributed by atoms with Gasteiger partial charge in [0.25, 0.3) is 5.69 Å². The molecule has 0 amide bonds. The number of aliphatic hydroxyl groups is 2. The molecule has 2 rings (SSSR count). The fourth-order valence-corrected chi connectivity index (χ4v) is 2.12. The first kappa shape index (κ1) is 11.8. The monoisotopic (exact) mass is 238 g/mol. The quantitative estimate of drug-likeness (QED) is 0.577. The normalized spacial score (nSPS) is 24.1. The molecule has 0 aliphatic carbocycles. The Labute approximate surface area is 98.3 Å². The first-order chi connectivity index (χ1) is 8.00. The van der Waals surface area contributed by atoms with Gasteiger partial charge < -0.3 is 15.1 Å². The van der Waals surface area contributed by atoms with E-state index >= 15 is 0 Å². The number of hydrogen-bond acceptors (Lipinski definition) is 5. The fourth-order valence-electron chi connectivity index (χ4n) is 2.12. The average Bonchev–Trinajstić information content (AvgIpc) is 2.59.